The van der Waals surface area contributed by atoms with Gasteiger partial charge in [-0.2, -0.15) is 5.10 Å². The van der Waals surface area contributed by atoms with Crippen molar-refractivity contribution in [2.75, 3.05) is 23.0 Å². The molecule has 2 heterocycles. The van der Waals surface area contributed by atoms with Gasteiger partial charge in [-0.3, -0.25) is 4.79 Å². The first-order chi connectivity index (χ1) is 15.0. The van der Waals surface area contributed by atoms with Crippen LogP contribution < -0.4 is 21.1 Å². The highest BCUT2D eigenvalue weighted by Gasteiger charge is 2.16. The number of fused-ring (bicyclic) bond motifs is 1. The van der Waals surface area contributed by atoms with Crippen LogP contribution in [0.5, 0.6) is 11.5 Å². The molecule has 0 saturated carbocycles. The van der Waals surface area contributed by atoms with Crippen molar-refractivity contribution in [1.29, 1.82) is 0 Å². The SMILES string of the molecule is Cc1c(NC(=O)CCO)cn2ncc(N)c(Nc3ccc(Oc4ccccc4)cc3)c12. The first kappa shape index (κ1) is 20.2. The minimum atomic E-state index is -0.266. The monoisotopic (exact) mass is 417 g/mol. The number of carbonyl (C=O) groups is 1. The van der Waals surface area contributed by atoms with Crippen molar-refractivity contribution in [3.8, 4) is 11.5 Å². The van der Waals surface area contributed by atoms with Crippen molar-refractivity contribution in [2.24, 2.45) is 0 Å². The summed E-state index contributed by atoms with van der Waals surface area (Å²) in [6.07, 6.45) is 3.31. The van der Waals surface area contributed by atoms with Crippen molar-refractivity contribution in [3.05, 3.63) is 72.6 Å². The maximum absolute atomic E-state index is 11.9. The Balaban J connectivity index is 1.59. The minimum Gasteiger partial charge on any atom is -0.457 e. The summed E-state index contributed by atoms with van der Waals surface area (Å²) in [5.74, 6) is 1.22. The molecule has 0 radical (unpaired) electrons. The summed E-state index contributed by atoms with van der Waals surface area (Å²) in [6, 6.07) is 17.1. The molecule has 4 aromatic rings. The van der Waals surface area contributed by atoms with Crippen molar-refractivity contribution in [3.63, 3.8) is 0 Å². The van der Waals surface area contributed by atoms with Gasteiger partial charge >= 0.3 is 0 Å². The van der Waals surface area contributed by atoms with Crippen LogP contribution in [0.3, 0.4) is 0 Å². The number of hydrogen-bond donors (Lipinski definition) is 4. The standard InChI is InChI=1S/C23H23N5O3/c1-15-20(27-21(30)11-12-29)14-28-23(15)22(19(24)13-25-28)26-16-7-9-18(10-8-16)31-17-5-3-2-4-6-17/h2-10,13-14,26,29H,11-12,24H2,1H3,(H,27,30). The number of ether oxygens (including phenoxy) is 1. The number of benzene rings is 2. The maximum Gasteiger partial charge on any atom is 0.226 e. The van der Waals surface area contributed by atoms with Gasteiger partial charge in [0.2, 0.25) is 5.91 Å². The molecule has 1 amide bonds. The van der Waals surface area contributed by atoms with E-state index in [-0.39, 0.29) is 18.9 Å². The lowest BCUT2D eigenvalue weighted by Crippen LogP contribution is -2.12. The number of aromatic nitrogens is 2. The minimum absolute atomic E-state index is 0.0315. The highest BCUT2D eigenvalue weighted by molar-refractivity contribution is 5.96. The van der Waals surface area contributed by atoms with Crippen molar-refractivity contribution in [2.45, 2.75) is 13.3 Å². The van der Waals surface area contributed by atoms with E-state index in [0.29, 0.717) is 17.1 Å². The second-order valence-electron chi connectivity index (χ2n) is 7.02. The van der Waals surface area contributed by atoms with Crippen LogP contribution in [-0.4, -0.2) is 27.2 Å². The highest BCUT2D eigenvalue weighted by atomic mass is 16.5. The van der Waals surface area contributed by atoms with E-state index in [1.54, 1.807) is 16.9 Å². The number of aliphatic hydroxyl groups is 1. The van der Waals surface area contributed by atoms with E-state index in [0.717, 1.165) is 28.3 Å². The molecule has 0 aliphatic carbocycles. The molecule has 0 aliphatic heterocycles. The Kier molecular flexibility index (Phi) is 5.72. The van der Waals surface area contributed by atoms with Gasteiger partial charge in [-0.1, -0.05) is 18.2 Å². The largest absolute Gasteiger partial charge is 0.457 e. The van der Waals surface area contributed by atoms with Gasteiger partial charge < -0.3 is 26.2 Å². The van der Waals surface area contributed by atoms with Crippen molar-refractivity contribution >= 4 is 34.2 Å². The van der Waals surface area contributed by atoms with Crippen LogP contribution in [0.2, 0.25) is 0 Å². The summed E-state index contributed by atoms with van der Waals surface area (Å²) >= 11 is 0. The molecule has 31 heavy (non-hydrogen) atoms. The molecule has 0 aliphatic rings. The first-order valence-corrected chi connectivity index (χ1v) is 9.82. The molecular weight excluding hydrogens is 394 g/mol. The van der Waals surface area contributed by atoms with Crippen LogP contribution in [-0.2, 0) is 4.79 Å². The van der Waals surface area contributed by atoms with E-state index < -0.39 is 0 Å². The fourth-order valence-electron chi connectivity index (χ4n) is 3.25. The second-order valence-corrected chi connectivity index (χ2v) is 7.02. The van der Waals surface area contributed by atoms with Crippen molar-refractivity contribution in [1.82, 2.24) is 9.61 Å². The van der Waals surface area contributed by atoms with Gasteiger partial charge in [0.15, 0.2) is 0 Å². The molecule has 0 bridgehead atoms. The van der Waals surface area contributed by atoms with E-state index in [1.807, 2.05) is 61.5 Å². The van der Waals surface area contributed by atoms with E-state index in [9.17, 15) is 4.79 Å². The molecule has 0 atom stereocenters. The summed E-state index contributed by atoms with van der Waals surface area (Å²) in [6.45, 7) is 1.67. The average Bonchev–Trinajstić information content (AvgIpc) is 3.08. The van der Waals surface area contributed by atoms with Gasteiger partial charge in [0.1, 0.15) is 11.5 Å². The Morgan fingerprint density at radius 2 is 1.84 bits per heavy atom. The lowest BCUT2D eigenvalue weighted by atomic mass is 10.2. The topological polar surface area (TPSA) is 114 Å². The van der Waals surface area contributed by atoms with E-state index in [4.69, 9.17) is 15.6 Å². The number of nitrogen functional groups attached to an aromatic ring is 1. The predicted molar refractivity (Wildman–Crippen MR) is 121 cm³/mol. The Labute approximate surface area is 179 Å². The smallest absolute Gasteiger partial charge is 0.226 e. The molecule has 0 fully saturated rings. The zero-order valence-electron chi connectivity index (χ0n) is 17.0. The molecule has 158 valence electrons. The summed E-state index contributed by atoms with van der Waals surface area (Å²) in [5.41, 5.74) is 10.4. The number of aliphatic hydroxyl groups excluding tert-OH is 1. The summed E-state index contributed by atoms with van der Waals surface area (Å²) in [4.78, 5) is 11.9. The van der Waals surface area contributed by atoms with Gasteiger partial charge in [0.05, 0.1) is 48.0 Å². The quantitative estimate of drug-likeness (QED) is 0.360. The van der Waals surface area contributed by atoms with Crippen LogP contribution in [0.1, 0.15) is 12.0 Å². The van der Waals surface area contributed by atoms with Crippen LogP contribution in [0.4, 0.5) is 22.7 Å². The number of nitrogens with two attached hydrogens (primary N) is 1. The third-order valence-corrected chi connectivity index (χ3v) is 4.80. The second kappa shape index (κ2) is 8.76. The van der Waals surface area contributed by atoms with Gasteiger partial charge in [-0.05, 0) is 43.3 Å². The number of nitrogens with one attached hydrogen (secondary N) is 2. The zero-order valence-corrected chi connectivity index (χ0v) is 17.0. The third kappa shape index (κ3) is 4.44. The molecular formula is C23H23N5O3. The lowest BCUT2D eigenvalue weighted by Gasteiger charge is -2.13. The number of para-hydroxylation sites is 1. The normalized spacial score (nSPS) is 10.8. The van der Waals surface area contributed by atoms with Crippen LogP contribution in [0.15, 0.2) is 67.0 Å². The van der Waals surface area contributed by atoms with Gasteiger partial charge in [-0.25, -0.2) is 4.52 Å². The summed E-state index contributed by atoms with van der Waals surface area (Å²) in [5, 5.41) is 19.4. The Morgan fingerprint density at radius 1 is 1.13 bits per heavy atom. The molecule has 2 aromatic carbocycles. The number of rotatable bonds is 7. The van der Waals surface area contributed by atoms with E-state index in [1.165, 1.54) is 0 Å². The van der Waals surface area contributed by atoms with E-state index >= 15 is 0 Å². The average molecular weight is 417 g/mol. The number of amides is 1. The van der Waals surface area contributed by atoms with Crippen molar-refractivity contribution < 1.29 is 14.6 Å². The predicted octanol–water partition coefficient (Wildman–Crippen LogP) is 4.08. The Hall–Kier alpha value is -4.04. The number of aryl methyl sites for hydroxylation is 1. The van der Waals surface area contributed by atoms with Gasteiger partial charge in [0, 0.05) is 11.3 Å². The lowest BCUT2D eigenvalue weighted by molar-refractivity contribution is -0.116. The maximum atomic E-state index is 11.9. The Bertz CT molecular complexity index is 1200. The molecule has 8 nitrogen and oxygen atoms in total. The van der Waals surface area contributed by atoms with Gasteiger partial charge in [-0.15, -0.1) is 0 Å². The molecule has 8 heteroatoms. The van der Waals surface area contributed by atoms with Crippen LogP contribution >= 0.6 is 0 Å². The Morgan fingerprint density at radius 3 is 2.55 bits per heavy atom. The fraction of sp³-hybridized carbons (Fsp3) is 0.130. The summed E-state index contributed by atoms with van der Waals surface area (Å²) in [7, 11) is 0. The van der Waals surface area contributed by atoms with E-state index in [2.05, 4.69) is 15.7 Å². The third-order valence-electron chi connectivity index (χ3n) is 4.80. The highest BCUT2D eigenvalue weighted by Crippen LogP contribution is 2.34. The first-order valence-electron chi connectivity index (χ1n) is 9.82. The number of carbonyl (C=O) groups excluding carboxylic acids is 1. The number of hydrogen-bond acceptors (Lipinski definition) is 6. The molecule has 0 spiro atoms. The van der Waals surface area contributed by atoms with Gasteiger partial charge in [0.25, 0.3) is 0 Å². The molecule has 2 aromatic heterocycles. The fourth-order valence-corrected chi connectivity index (χ4v) is 3.25. The molecule has 4 rings (SSSR count). The number of anilines is 4. The molecule has 0 saturated heterocycles. The number of nitrogens with zero attached hydrogens (tertiary/aromatic N) is 2. The van der Waals surface area contributed by atoms with Crippen LogP contribution in [0.25, 0.3) is 5.52 Å². The van der Waals surface area contributed by atoms with Crippen LogP contribution in [0, 0.1) is 6.92 Å². The zero-order chi connectivity index (χ0) is 21.8. The molecule has 0 unspecified atom stereocenters. The molecule has 5 N–H and O–H groups in total. The summed E-state index contributed by atoms with van der Waals surface area (Å²) < 4.78 is 7.49.